The lowest BCUT2D eigenvalue weighted by atomic mass is 9.90. The van der Waals surface area contributed by atoms with Crippen molar-refractivity contribution >= 4 is 34.7 Å². The van der Waals surface area contributed by atoms with Gasteiger partial charge in [-0.2, -0.15) is 0 Å². The summed E-state index contributed by atoms with van der Waals surface area (Å²) in [5.41, 5.74) is 3.43. The molecule has 0 radical (unpaired) electrons. The second kappa shape index (κ2) is 7.27. The maximum atomic E-state index is 12.4. The Bertz CT molecular complexity index is 930. The number of benzene rings is 1. The maximum Gasteiger partial charge on any atom is 0.348 e. The van der Waals surface area contributed by atoms with Gasteiger partial charge in [-0.05, 0) is 67.0 Å². The molecule has 1 aromatic carbocycles. The Kier molecular flexibility index (Phi) is 4.83. The van der Waals surface area contributed by atoms with Gasteiger partial charge in [0.15, 0.2) is 12.4 Å². The summed E-state index contributed by atoms with van der Waals surface area (Å²) in [5.74, 6) is -0.0338. The number of ether oxygens (including phenoxy) is 1. The third-order valence-corrected chi connectivity index (χ3v) is 6.40. The van der Waals surface area contributed by atoms with Crippen LogP contribution in [0, 0.1) is 5.92 Å². The zero-order valence-corrected chi connectivity index (χ0v) is 16.0. The Hall–Kier alpha value is -2.47. The van der Waals surface area contributed by atoms with Gasteiger partial charge in [-0.1, -0.05) is 6.92 Å². The molecule has 1 atom stereocenters. The number of hydrogen-bond donors (Lipinski definition) is 1. The summed E-state index contributed by atoms with van der Waals surface area (Å²) in [6.07, 6.45) is 4.20. The first kappa shape index (κ1) is 17.9. The number of carbonyl (C=O) groups excluding carboxylic acids is 3. The van der Waals surface area contributed by atoms with Gasteiger partial charge in [0, 0.05) is 22.5 Å². The average molecular weight is 383 g/mol. The lowest BCUT2D eigenvalue weighted by Crippen LogP contribution is -2.20. The number of rotatable bonds is 4. The Morgan fingerprint density at radius 1 is 1.19 bits per heavy atom. The van der Waals surface area contributed by atoms with Crippen LogP contribution in [0.4, 0.5) is 5.69 Å². The molecule has 1 N–H and O–H groups in total. The van der Waals surface area contributed by atoms with Crippen molar-refractivity contribution in [1.82, 2.24) is 0 Å². The van der Waals surface area contributed by atoms with Crippen LogP contribution in [0.2, 0.25) is 0 Å². The van der Waals surface area contributed by atoms with E-state index < -0.39 is 5.97 Å². The Morgan fingerprint density at radius 3 is 2.89 bits per heavy atom. The zero-order valence-electron chi connectivity index (χ0n) is 15.2. The highest BCUT2D eigenvalue weighted by Crippen LogP contribution is 2.32. The maximum absolute atomic E-state index is 12.4. The molecule has 0 saturated carbocycles. The number of Topliss-reactive ketones (excluding diaryl/α,β-unsaturated/α-hetero) is 1. The minimum absolute atomic E-state index is 0.0106. The summed E-state index contributed by atoms with van der Waals surface area (Å²) in [6, 6.07) is 7.09. The van der Waals surface area contributed by atoms with E-state index in [2.05, 4.69) is 12.2 Å². The molecule has 1 aromatic heterocycles. The minimum atomic E-state index is -0.430. The van der Waals surface area contributed by atoms with E-state index in [1.54, 1.807) is 18.2 Å². The molecule has 1 aliphatic heterocycles. The van der Waals surface area contributed by atoms with E-state index >= 15 is 0 Å². The highest BCUT2D eigenvalue weighted by Gasteiger charge is 2.22. The lowest BCUT2D eigenvalue weighted by Gasteiger charge is -2.17. The van der Waals surface area contributed by atoms with Gasteiger partial charge in [-0.15, -0.1) is 11.3 Å². The predicted octanol–water partition coefficient (Wildman–Crippen LogP) is 3.80. The van der Waals surface area contributed by atoms with E-state index in [1.165, 1.54) is 21.8 Å². The van der Waals surface area contributed by atoms with Crippen LogP contribution < -0.4 is 5.32 Å². The van der Waals surface area contributed by atoms with Crippen molar-refractivity contribution < 1.29 is 19.1 Å². The highest BCUT2D eigenvalue weighted by atomic mass is 32.1. The molecular formula is C21H21NO4S. The van der Waals surface area contributed by atoms with Crippen molar-refractivity contribution in [3.63, 3.8) is 0 Å². The second-order valence-corrected chi connectivity index (χ2v) is 8.46. The topological polar surface area (TPSA) is 72.5 Å². The molecule has 2 heterocycles. The number of fused-ring (bicyclic) bond motifs is 2. The third kappa shape index (κ3) is 3.81. The first-order valence-electron chi connectivity index (χ1n) is 9.24. The normalized spacial score (nSPS) is 18.3. The average Bonchev–Trinajstić information content (AvgIpc) is 3.08. The Labute approximate surface area is 161 Å². The van der Waals surface area contributed by atoms with Crippen molar-refractivity contribution in [2.45, 2.75) is 39.0 Å². The third-order valence-electron chi connectivity index (χ3n) is 5.19. The molecule has 0 spiro atoms. The number of esters is 1. The smallest absolute Gasteiger partial charge is 0.348 e. The standard InChI is InChI=1S/C21H21NO4S/c1-12-2-6-18-15(8-12)10-19(27-18)21(25)26-11-17(23)14-3-5-16-13(9-14)4-7-20(24)22-16/h3,5,9-10,12H,2,4,6-8,11H2,1H3,(H,22,24)/t12-/m0/s1. The molecule has 6 heteroatoms. The first-order valence-corrected chi connectivity index (χ1v) is 10.1. The van der Waals surface area contributed by atoms with Crippen LogP contribution in [0.15, 0.2) is 24.3 Å². The number of ketones is 1. The van der Waals surface area contributed by atoms with Gasteiger partial charge in [-0.25, -0.2) is 4.79 Å². The summed E-state index contributed by atoms with van der Waals surface area (Å²) in [4.78, 5) is 38.0. The molecule has 140 valence electrons. The summed E-state index contributed by atoms with van der Waals surface area (Å²) in [6.45, 7) is 1.95. The zero-order chi connectivity index (χ0) is 19.0. The number of amides is 1. The molecule has 0 fully saturated rings. The number of aryl methyl sites for hydroxylation is 2. The Balaban J connectivity index is 1.39. The summed E-state index contributed by atoms with van der Waals surface area (Å²) in [7, 11) is 0. The van der Waals surface area contributed by atoms with Crippen LogP contribution in [-0.2, 0) is 28.8 Å². The van der Waals surface area contributed by atoms with Crippen molar-refractivity contribution in [3.8, 4) is 0 Å². The highest BCUT2D eigenvalue weighted by molar-refractivity contribution is 7.14. The molecule has 1 amide bonds. The van der Waals surface area contributed by atoms with Crippen molar-refractivity contribution in [1.29, 1.82) is 0 Å². The first-order chi connectivity index (χ1) is 13.0. The molecule has 0 bridgehead atoms. The molecule has 0 saturated heterocycles. The van der Waals surface area contributed by atoms with E-state index in [0.717, 1.165) is 30.5 Å². The quantitative estimate of drug-likeness (QED) is 0.644. The van der Waals surface area contributed by atoms with Gasteiger partial charge < -0.3 is 10.1 Å². The fraction of sp³-hybridized carbons (Fsp3) is 0.381. The number of hydrogen-bond acceptors (Lipinski definition) is 5. The minimum Gasteiger partial charge on any atom is -0.453 e. The number of anilines is 1. The van der Waals surface area contributed by atoms with Crippen LogP contribution in [0.3, 0.4) is 0 Å². The molecule has 1 aliphatic carbocycles. The molecule has 5 nitrogen and oxygen atoms in total. The van der Waals surface area contributed by atoms with E-state index in [9.17, 15) is 14.4 Å². The second-order valence-electron chi connectivity index (χ2n) is 7.33. The number of nitrogens with one attached hydrogen (secondary N) is 1. The Morgan fingerprint density at radius 2 is 2.04 bits per heavy atom. The van der Waals surface area contributed by atoms with Gasteiger partial charge in [0.1, 0.15) is 4.88 Å². The number of carbonyl (C=O) groups is 3. The molecule has 0 unspecified atom stereocenters. The van der Waals surface area contributed by atoms with Crippen molar-refractivity contribution in [3.05, 3.63) is 50.7 Å². The summed E-state index contributed by atoms with van der Waals surface area (Å²) in [5, 5.41) is 2.79. The van der Waals surface area contributed by atoms with E-state index in [0.29, 0.717) is 29.2 Å². The van der Waals surface area contributed by atoms with E-state index in [4.69, 9.17) is 4.74 Å². The molecular weight excluding hydrogens is 362 g/mol. The van der Waals surface area contributed by atoms with Crippen molar-refractivity contribution in [2.75, 3.05) is 11.9 Å². The van der Waals surface area contributed by atoms with Gasteiger partial charge in [0.05, 0.1) is 0 Å². The number of thiophene rings is 1. The van der Waals surface area contributed by atoms with Gasteiger partial charge in [-0.3, -0.25) is 9.59 Å². The van der Waals surface area contributed by atoms with Crippen molar-refractivity contribution in [2.24, 2.45) is 5.92 Å². The fourth-order valence-electron chi connectivity index (χ4n) is 3.65. The molecule has 2 aromatic rings. The summed E-state index contributed by atoms with van der Waals surface area (Å²) < 4.78 is 5.26. The largest absolute Gasteiger partial charge is 0.453 e. The SMILES string of the molecule is C[C@H]1CCc2sc(C(=O)OCC(=O)c3ccc4c(c3)CCC(=O)N4)cc2C1. The molecule has 2 aliphatic rings. The summed E-state index contributed by atoms with van der Waals surface area (Å²) >= 11 is 1.49. The molecule has 27 heavy (non-hydrogen) atoms. The monoisotopic (exact) mass is 383 g/mol. The van der Waals surface area contributed by atoms with Crippen LogP contribution in [0.25, 0.3) is 0 Å². The predicted molar refractivity (Wildman–Crippen MR) is 104 cm³/mol. The van der Waals surface area contributed by atoms with Crippen LogP contribution in [0.1, 0.15) is 55.8 Å². The van der Waals surface area contributed by atoms with Crippen LogP contribution >= 0.6 is 11.3 Å². The van der Waals surface area contributed by atoms with Gasteiger partial charge in [0.25, 0.3) is 0 Å². The lowest BCUT2D eigenvalue weighted by molar-refractivity contribution is -0.116. The fourth-order valence-corrected chi connectivity index (χ4v) is 4.75. The van der Waals surface area contributed by atoms with E-state index in [-0.39, 0.29) is 18.3 Å². The van der Waals surface area contributed by atoms with Crippen LogP contribution in [-0.4, -0.2) is 24.3 Å². The van der Waals surface area contributed by atoms with Gasteiger partial charge >= 0.3 is 5.97 Å². The van der Waals surface area contributed by atoms with E-state index in [1.807, 2.05) is 6.07 Å². The van der Waals surface area contributed by atoms with Gasteiger partial charge in [0.2, 0.25) is 5.91 Å². The molecule has 4 rings (SSSR count). The van der Waals surface area contributed by atoms with Crippen LogP contribution in [0.5, 0.6) is 0 Å².